The molecule has 1 aliphatic carbocycles. The molecule has 0 unspecified atom stereocenters. The fourth-order valence-corrected chi connectivity index (χ4v) is 6.54. The normalized spacial score (nSPS) is 14.1. The van der Waals surface area contributed by atoms with Crippen LogP contribution >= 0.6 is 0 Å². The van der Waals surface area contributed by atoms with Crippen molar-refractivity contribution >= 4 is 43.5 Å². The Balaban J connectivity index is 1.46. The second kappa shape index (κ2) is 6.86. The van der Waals surface area contributed by atoms with Gasteiger partial charge < -0.3 is 4.42 Å². The summed E-state index contributed by atoms with van der Waals surface area (Å²) in [6.45, 7) is 4.68. The fraction of sp³-hybridized carbons (Fsp3) is 0.0857. The molecule has 0 aliphatic heterocycles. The largest absolute Gasteiger partial charge is 0.456 e. The molecule has 170 valence electrons. The Morgan fingerprint density at radius 2 is 1.17 bits per heavy atom. The quantitative estimate of drug-likeness (QED) is 0.238. The van der Waals surface area contributed by atoms with Crippen molar-refractivity contribution in [3.05, 3.63) is 120 Å². The second-order valence-electron chi connectivity index (χ2n) is 10.5. The smallest absolute Gasteiger partial charge is 0.135 e. The molecule has 0 saturated heterocycles. The molecule has 1 nitrogen and oxygen atoms in total. The summed E-state index contributed by atoms with van der Waals surface area (Å²) in [4.78, 5) is 0. The number of hydrogen-bond acceptors (Lipinski definition) is 1. The Hall–Kier alpha value is -4.36. The first-order valence-electron chi connectivity index (χ1n) is 12.6. The van der Waals surface area contributed by atoms with Crippen LogP contribution in [0.3, 0.4) is 0 Å². The zero-order valence-electron chi connectivity index (χ0n) is 20.3. The van der Waals surface area contributed by atoms with Gasteiger partial charge >= 0.3 is 0 Å². The molecule has 0 amide bonds. The van der Waals surface area contributed by atoms with E-state index < -0.39 is 0 Å². The lowest BCUT2D eigenvalue weighted by Gasteiger charge is -2.22. The van der Waals surface area contributed by atoms with E-state index in [1.807, 2.05) is 0 Å². The topological polar surface area (TPSA) is 13.1 Å². The van der Waals surface area contributed by atoms with Gasteiger partial charge in [0, 0.05) is 16.2 Å². The summed E-state index contributed by atoms with van der Waals surface area (Å²) in [7, 11) is 0. The molecule has 1 heteroatoms. The molecule has 8 rings (SSSR count). The third-order valence-corrected chi connectivity index (χ3v) is 8.27. The molecular formula is C35H24O. The highest BCUT2D eigenvalue weighted by Crippen LogP contribution is 2.50. The second-order valence-corrected chi connectivity index (χ2v) is 10.5. The first-order valence-corrected chi connectivity index (χ1v) is 12.6. The van der Waals surface area contributed by atoms with Crippen molar-refractivity contribution in [2.75, 3.05) is 0 Å². The van der Waals surface area contributed by atoms with Gasteiger partial charge in [0.15, 0.2) is 0 Å². The molecule has 0 bridgehead atoms. The summed E-state index contributed by atoms with van der Waals surface area (Å²) >= 11 is 0. The average Bonchev–Trinajstić information content (AvgIpc) is 3.04. The predicted octanol–water partition coefficient (Wildman–Crippen LogP) is 9.87. The summed E-state index contributed by atoms with van der Waals surface area (Å²) < 4.78 is 6.59. The molecule has 6 aromatic carbocycles. The lowest BCUT2D eigenvalue weighted by atomic mass is 9.81. The van der Waals surface area contributed by atoms with Gasteiger partial charge in [0.05, 0.1) is 0 Å². The molecule has 0 fully saturated rings. The molecule has 1 aliphatic rings. The summed E-state index contributed by atoms with van der Waals surface area (Å²) in [5, 5.41) is 7.26. The van der Waals surface area contributed by atoms with Crippen LogP contribution in [-0.2, 0) is 5.41 Å². The van der Waals surface area contributed by atoms with E-state index in [1.165, 1.54) is 65.7 Å². The molecular weight excluding hydrogens is 436 g/mol. The van der Waals surface area contributed by atoms with Crippen molar-refractivity contribution in [1.29, 1.82) is 0 Å². The minimum atomic E-state index is -0.0217. The number of hydrogen-bond donors (Lipinski definition) is 0. The third-order valence-electron chi connectivity index (χ3n) is 8.27. The molecule has 0 N–H and O–H groups in total. The molecule has 0 spiro atoms. The van der Waals surface area contributed by atoms with Gasteiger partial charge in [-0.1, -0.05) is 105 Å². The molecule has 1 heterocycles. The van der Waals surface area contributed by atoms with Crippen LogP contribution < -0.4 is 0 Å². The minimum Gasteiger partial charge on any atom is -0.456 e. The Kier molecular flexibility index (Phi) is 3.79. The van der Waals surface area contributed by atoms with E-state index in [-0.39, 0.29) is 5.41 Å². The summed E-state index contributed by atoms with van der Waals surface area (Å²) in [6.07, 6.45) is 0. The van der Waals surface area contributed by atoms with Crippen molar-refractivity contribution in [2.45, 2.75) is 19.3 Å². The standard InChI is InChI=1S/C35H24O/c1-35(2)29-14-4-3-10-24(29)25-17-16-22(20-30(25)35)23-18-19-32-34-26(23)12-7-13-28(34)27-11-5-8-21-9-6-15-31(36-32)33(21)27/h3-20H,1-2H3. The van der Waals surface area contributed by atoms with Gasteiger partial charge in [0.1, 0.15) is 11.2 Å². The number of benzene rings is 6. The van der Waals surface area contributed by atoms with E-state index in [2.05, 4.69) is 123 Å². The SMILES string of the molecule is CC1(C)c2ccccc2-c2ccc(-c3ccc4oc5cccc6cccc(c7cccc3c47)c65)cc21. The van der Waals surface area contributed by atoms with E-state index in [0.717, 1.165) is 11.2 Å². The lowest BCUT2D eigenvalue weighted by Crippen LogP contribution is -2.14. The van der Waals surface area contributed by atoms with E-state index in [4.69, 9.17) is 4.42 Å². The van der Waals surface area contributed by atoms with E-state index in [9.17, 15) is 0 Å². The van der Waals surface area contributed by atoms with E-state index in [0.29, 0.717) is 0 Å². The van der Waals surface area contributed by atoms with Crippen LogP contribution in [0.5, 0.6) is 0 Å². The summed E-state index contributed by atoms with van der Waals surface area (Å²) in [5.74, 6) is 0. The number of rotatable bonds is 1. The first-order chi connectivity index (χ1) is 17.6. The van der Waals surface area contributed by atoms with Gasteiger partial charge in [-0.2, -0.15) is 0 Å². The maximum atomic E-state index is 6.59. The molecule has 0 atom stereocenters. The van der Waals surface area contributed by atoms with Gasteiger partial charge in [-0.05, 0) is 73.1 Å². The Morgan fingerprint density at radius 3 is 2.06 bits per heavy atom. The highest BCUT2D eigenvalue weighted by molar-refractivity contribution is 6.24. The monoisotopic (exact) mass is 460 g/mol. The Morgan fingerprint density at radius 1 is 0.500 bits per heavy atom. The minimum absolute atomic E-state index is 0.0217. The Labute approximate surface area is 209 Å². The van der Waals surface area contributed by atoms with Crippen LogP contribution in [0.4, 0.5) is 0 Å². The summed E-state index contributed by atoms with van der Waals surface area (Å²) in [5.41, 5.74) is 9.82. The zero-order chi connectivity index (χ0) is 24.0. The van der Waals surface area contributed by atoms with E-state index in [1.54, 1.807) is 0 Å². The average molecular weight is 461 g/mol. The van der Waals surface area contributed by atoms with Crippen molar-refractivity contribution < 1.29 is 4.42 Å². The number of fused-ring (bicyclic) bond motifs is 4. The van der Waals surface area contributed by atoms with Crippen LogP contribution in [0.15, 0.2) is 114 Å². The lowest BCUT2D eigenvalue weighted by molar-refractivity contribution is 0.660. The molecule has 0 radical (unpaired) electrons. The van der Waals surface area contributed by atoms with Crippen LogP contribution in [0.1, 0.15) is 25.0 Å². The van der Waals surface area contributed by atoms with Gasteiger partial charge in [0.2, 0.25) is 0 Å². The fourth-order valence-electron chi connectivity index (χ4n) is 6.54. The van der Waals surface area contributed by atoms with E-state index >= 15 is 0 Å². The maximum Gasteiger partial charge on any atom is 0.135 e. The van der Waals surface area contributed by atoms with Crippen molar-refractivity contribution in [2.24, 2.45) is 0 Å². The van der Waals surface area contributed by atoms with Crippen molar-refractivity contribution in [3.63, 3.8) is 0 Å². The molecule has 1 aromatic heterocycles. The highest BCUT2D eigenvalue weighted by atomic mass is 16.3. The Bertz CT molecular complexity index is 2010. The van der Waals surface area contributed by atoms with Crippen LogP contribution in [-0.4, -0.2) is 0 Å². The van der Waals surface area contributed by atoms with Crippen LogP contribution in [0.25, 0.3) is 65.7 Å². The van der Waals surface area contributed by atoms with Crippen molar-refractivity contribution in [3.8, 4) is 22.3 Å². The van der Waals surface area contributed by atoms with Gasteiger partial charge in [-0.3, -0.25) is 0 Å². The summed E-state index contributed by atoms with van der Waals surface area (Å²) in [6, 6.07) is 39.7. The highest BCUT2D eigenvalue weighted by Gasteiger charge is 2.35. The molecule has 36 heavy (non-hydrogen) atoms. The zero-order valence-corrected chi connectivity index (χ0v) is 20.3. The molecule has 0 saturated carbocycles. The van der Waals surface area contributed by atoms with Gasteiger partial charge in [-0.15, -0.1) is 0 Å². The predicted molar refractivity (Wildman–Crippen MR) is 152 cm³/mol. The first kappa shape index (κ1) is 19.9. The van der Waals surface area contributed by atoms with Gasteiger partial charge in [0.25, 0.3) is 0 Å². The van der Waals surface area contributed by atoms with Crippen molar-refractivity contribution in [1.82, 2.24) is 0 Å². The van der Waals surface area contributed by atoms with Crippen LogP contribution in [0.2, 0.25) is 0 Å². The maximum absolute atomic E-state index is 6.59. The third kappa shape index (κ3) is 2.50. The van der Waals surface area contributed by atoms with Gasteiger partial charge in [-0.25, -0.2) is 0 Å². The van der Waals surface area contributed by atoms with Crippen LogP contribution in [0, 0.1) is 0 Å². The molecule has 7 aromatic rings.